The normalized spacial score (nSPS) is 20.7. The van der Waals surface area contributed by atoms with Crippen LogP contribution in [0.5, 0.6) is 0 Å². The number of nitrogens with one attached hydrogen (secondary N) is 1. The second-order valence-electron chi connectivity index (χ2n) is 4.55. The van der Waals surface area contributed by atoms with Gasteiger partial charge in [-0.15, -0.1) is 0 Å². The highest BCUT2D eigenvalue weighted by Gasteiger charge is 2.34. The lowest BCUT2D eigenvalue weighted by Gasteiger charge is -2.18. The van der Waals surface area contributed by atoms with Gasteiger partial charge in [0.05, 0.1) is 17.0 Å². The summed E-state index contributed by atoms with van der Waals surface area (Å²) < 4.78 is 59.6. The summed E-state index contributed by atoms with van der Waals surface area (Å²) in [5.41, 5.74) is 0. The quantitative estimate of drug-likeness (QED) is 0.832. The van der Waals surface area contributed by atoms with Crippen LogP contribution in [0, 0.1) is 0 Å². The molecular formula is C10H18F3NO2S. The van der Waals surface area contributed by atoms with Crippen LogP contribution in [-0.4, -0.2) is 38.2 Å². The van der Waals surface area contributed by atoms with Gasteiger partial charge in [0, 0.05) is 6.54 Å². The predicted molar refractivity (Wildman–Crippen MR) is 59.6 cm³/mol. The predicted octanol–water partition coefficient (Wildman–Crippen LogP) is 1.88. The zero-order chi connectivity index (χ0) is 13.1. The highest BCUT2D eigenvalue weighted by Crippen LogP contribution is 2.27. The minimum absolute atomic E-state index is 0.141. The van der Waals surface area contributed by atoms with Crippen molar-refractivity contribution in [3.8, 4) is 0 Å². The van der Waals surface area contributed by atoms with E-state index in [1.54, 1.807) is 0 Å². The number of hydrogen-bond donors (Lipinski definition) is 1. The van der Waals surface area contributed by atoms with Gasteiger partial charge in [0.2, 0.25) is 0 Å². The van der Waals surface area contributed by atoms with Crippen molar-refractivity contribution < 1.29 is 21.6 Å². The van der Waals surface area contributed by atoms with Crippen LogP contribution in [0.1, 0.15) is 32.6 Å². The molecule has 1 aliphatic carbocycles. The van der Waals surface area contributed by atoms with E-state index in [-0.39, 0.29) is 11.8 Å². The zero-order valence-corrected chi connectivity index (χ0v) is 10.6. The second-order valence-corrected chi connectivity index (χ2v) is 7.20. The van der Waals surface area contributed by atoms with Crippen LogP contribution >= 0.6 is 0 Å². The van der Waals surface area contributed by atoms with E-state index < -0.39 is 27.8 Å². The molecule has 3 nitrogen and oxygen atoms in total. The van der Waals surface area contributed by atoms with E-state index in [4.69, 9.17) is 0 Å². The molecule has 0 heterocycles. The van der Waals surface area contributed by atoms with Gasteiger partial charge in [-0.05, 0) is 19.8 Å². The summed E-state index contributed by atoms with van der Waals surface area (Å²) in [6, 6.07) is 0. The van der Waals surface area contributed by atoms with E-state index in [1.807, 2.05) is 0 Å². The van der Waals surface area contributed by atoms with Crippen molar-refractivity contribution >= 4 is 9.84 Å². The average Bonchev–Trinajstić information content (AvgIpc) is 2.68. The highest BCUT2D eigenvalue weighted by atomic mass is 32.2. The Morgan fingerprint density at radius 3 is 2.29 bits per heavy atom. The van der Waals surface area contributed by atoms with Crippen molar-refractivity contribution in [2.45, 2.75) is 49.3 Å². The molecule has 0 bridgehead atoms. The van der Waals surface area contributed by atoms with Crippen molar-refractivity contribution in [1.29, 1.82) is 0 Å². The molecule has 0 amide bonds. The third-order valence-corrected chi connectivity index (χ3v) is 5.77. The molecule has 0 saturated heterocycles. The molecule has 0 aromatic rings. The van der Waals surface area contributed by atoms with Crippen molar-refractivity contribution in [3.05, 3.63) is 0 Å². The largest absolute Gasteiger partial charge is 0.401 e. The fraction of sp³-hybridized carbons (Fsp3) is 1.00. The van der Waals surface area contributed by atoms with E-state index in [1.165, 1.54) is 6.92 Å². The number of halogens is 3. The van der Waals surface area contributed by atoms with Crippen LogP contribution in [0.15, 0.2) is 0 Å². The molecule has 1 rings (SSSR count). The average molecular weight is 273 g/mol. The van der Waals surface area contributed by atoms with Gasteiger partial charge in [-0.1, -0.05) is 12.8 Å². The highest BCUT2D eigenvalue weighted by molar-refractivity contribution is 7.92. The Hall–Kier alpha value is -0.300. The molecule has 0 aromatic carbocycles. The third kappa shape index (κ3) is 4.46. The van der Waals surface area contributed by atoms with E-state index in [0.717, 1.165) is 12.8 Å². The van der Waals surface area contributed by atoms with Gasteiger partial charge in [-0.3, -0.25) is 0 Å². The van der Waals surface area contributed by atoms with Gasteiger partial charge in [-0.2, -0.15) is 13.2 Å². The molecule has 0 spiro atoms. The molecule has 0 aliphatic heterocycles. The monoisotopic (exact) mass is 273 g/mol. The lowest BCUT2D eigenvalue weighted by molar-refractivity contribution is -0.124. The van der Waals surface area contributed by atoms with E-state index in [0.29, 0.717) is 12.8 Å². The topological polar surface area (TPSA) is 46.2 Å². The Morgan fingerprint density at radius 1 is 1.29 bits per heavy atom. The van der Waals surface area contributed by atoms with Gasteiger partial charge in [0.25, 0.3) is 0 Å². The first kappa shape index (κ1) is 14.8. The van der Waals surface area contributed by atoms with E-state index in [9.17, 15) is 21.6 Å². The van der Waals surface area contributed by atoms with Crippen molar-refractivity contribution in [3.63, 3.8) is 0 Å². The fourth-order valence-corrected chi connectivity index (χ4v) is 4.08. The van der Waals surface area contributed by atoms with Crippen LogP contribution in [0.25, 0.3) is 0 Å². The maximum absolute atomic E-state index is 12.0. The maximum Gasteiger partial charge on any atom is 0.401 e. The second kappa shape index (κ2) is 5.56. The third-order valence-electron chi connectivity index (χ3n) is 3.08. The molecule has 17 heavy (non-hydrogen) atoms. The summed E-state index contributed by atoms with van der Waals surface area (Å²) in [7, 11) is -3.29. The summed E-state index contributed by atoms with van der Waals surface area (Å²) in [6.07, 6.45) is -1.21. The Balaban J connectivity index is 2.43. The molecular weight excluding hydrogens is 255 g/mol. The summed E-state index contributed by atoms with van der Waals surface area (Å²) in [6.45, 7) is 0.187. The summed E-state index contributed by atoms with van der Waals surface area (Å²) in [5, 5.41) is 1.04. The SMILES string of the molecule is CC(CNCC(F)(F)F)S(=O)(=O)C1CCCC1. The lowest BCUT2D eigenvalue weighted by atomic mass is 10.4. The van der Waals surface area contributed by atoms with Gasteiger partial charge in [-0.25, -0.2) is 8.42 Å². The van der Waals surface area contributed by atoms with E-state index in [2.05, 4.69) is 5.32 Å². The number of sulfone groups is 1. The fourth-order valence-electron chi connectivity index (χ4n) is 2.08. The number of rotatable bonds is 5. The van der Waals surface area contributed by atoms with Crippen LogP contribution in [0.2, 0.25) is 0 Å². The van der Waals surface area contributed by atoms with Gasteiger partial charge in [0.15, 0.2) is 9.84 Å². The van der Waals surface area contributed by atoms with Gasteiger partial charge >= 0.3 is 6.18 Å². The Morgan fingerprint density at radius 2 is 1.82 bits per heavy atom. The van der Waals surface area contributed by atoms with Crippen LogP contribution in [0.3, 0.4) is 0 Å². The smallest absolute Gasteiger partial charge is 0.307 e. The Kier molecular flexibility index (Phi) is 4.83. The number of hydrogen-bond acceptors (Lipinski definition) is 3. The van der Waals surface area contributed by atoms with Crippen LogP contribution in [-0.2, 0) is 9.84 Å². The molecule has 1 fully saturated rings. The Bertz CT molecular complexity index is 334. The molecule has 1 atom stereocenters. The molecule has 7 heteroatoms. The minimum atomic E-state index is -4.29. The van der Waals surface area contributed by atoms with Crippen molar-refractivity contribution in [2.24, 2.45) is 0 Å². The first-order valence-electron chi connectivity index (χ1n) is 5.73. The molecule has 102 valence electrons. The van der Waals surface area contributed by atoms with Gasteiger partial charge < -0.3 is 5.32 Å². The summed E-state index contributed by atoms with van der Waals surface area (Å²) >= 11 is 0. The molecule has 1 N–H and O–H groups in total. The summed E-state index contributed by atoms with van der Waals surface area (Å²) in [4.78, 5) is 0. The van der Waals surface area contributed by atoms with E-state index >= 15 is 0 Å². The zero-order valence-electron chi connectivity index (χ0n) is 9.76. The van der Waals surface area contributed by atoms with Crippen molar-refractivity contribution in [1.82, 2.24) is 5.32 Å². The maximum atomic E-state index is 12.0. The first-order chi connectivity index (χ1) is 7.73. The molecule has 1 saturated carbocycles. The Labute approximate surface area is 99.7 Å². The molecule has 1 aliphatic rings. The summed E-state index contributed by atoms with van der Waals surface area (Å²) in [5.74, 6) is 0. The standard InChI is InChI=1S/C10H18F3NO2S/c1-8(6-14-7-10(11,12)13)17(15,16)9-4-2-3-5-9/h8-9,14H,2-7H2,1H3. The number of alkyl halides is 3. The van der Waals surface area contributed by atoms with Crippen molar-refractivity contribution in [2.75, 3.05) is 13.1 Å². The lowest BCUT2D eigenvalue weighted by Crippen LogP contribution is -2.39. The first-order valence-corrected chi connectivity index (χ1v) is 7.34. The molecule has 1 unspecified atom stereocenters. The van der Waals surface area contributed by atoms with Gasteiger partial charge in [0.1, 0.15) is 0 Å². The molecule has 0 aromatic heterocycles. The molecule has 0 radical (unpaired) electrons. The van der Waals surface area contributed by atoms with Crippen LogP contribution < -0.4 is 5.32 Å². The minimum Gasteiger partial charge on any atom is -0.307 e. The van der Waals surface area contributed by atoms with Crippen LogP contribution in [0.4, 0.5) is 13.2 Å².